The minimum atomic E-state index is -1.10. The molecule has 1 aromatic rings. The first-order chi connectivity index (χ1) is 7.46. The van der Waals surface area contributed by atoms with E-state index in [1.165, 1.54) is 12.1 Å². The first kappa shape index (κ1) is 12.8. The van der Waals surface area contributed by atoms with Gasteiger partial charge >= 0.3 is 0 Å². The van der Waals surface area contributed by atoms with Crippen LogP contribution in [0.2, 0.25) is 0 Å². The van der Waals surface area contributed by atoms with Crippen LogP contribution in [0, 0.1) is 17.0 Å². The average Bonchev–Trinajstić information content (AvgIpc) is 2.31. The monoisotopic (exact) mass is 227 g/mol. The highest BCUT2D eigenvalue weighted by Crippen LogP contribution is 2.27. The van der Waals surface area contributed by atoms with Crippen molar-refractivity contribution in [3.63, 3.8) is 0 Å². The van der Waals surface area contributed by atoms with Crippen LogP contribution >= 0.6 is 0 Å². The molecule has 4 heteroatoms. The van der Waals surface area contributed by atoms with Gasteiger partial charge in [0, 0.05) is 12.0 Å². The van der Waals surface area contributed by atoms with Gasteiger partial charge in [0.15, 0.2) is 17.4 Å². The van der Waals surface area contributed by atoms with Gasteiger partial charge in [-0.1, -0.05) is 19.9 Å². The third-order valence-corrected chi connectivity index (χ3v) is 2.98. The van der Waals surface area contributed by atoms with Crippen LogP contribution in [0.4, 0.5) is 8.78 Å². The van der Waals surface area contributed by atoms with E-state index in [0.717, 1.165) is 6.07 Å². The fraction of sp³-hybridized carbons (Fsp3) is 0.417. The SMILES string of the molecule is CCC(C)(CN)C(=O)c1cccc(F)c1F. The summed E-state index contributed by atoms with van der Waals surface area (Å²) >= 11 is 0. The van der Waals surface area contributed by atoms with Crippen molar-refractivity contribution in [2.24, 2.45) is 11.1 Å². The zero-order chi connectivity index (χ0) is 12.3. The molecule has 0 heterocycles. The molecule has 0 radical (unpaired) electrons. The Morgan fingerprint density at radius 3 is 2.56 bits per heavy atom. The summed E-state index contributed by atoms with van der Waals surface area (Å²) in [5.74, 6) is -2.56. The van der Waals surface area contributed by atoms with E-state index < -0.39 is 22.8 Å². The van der Waals surface area contributed by atoms with Crippen molar-refractivity contribution < 1.29 is 13.6 Å². The Kier molecular flexibility index (Phi) is 3.75. The van der Waals surface area contributed by atoms with Crippen molar-refractivity contribution in [3.05, 3.63) is 35.4 Å². The summed E-state index contributed by atoms with van der Waals surface area (Å²) in [6.45, 7) is 3.56. The lowest BCUT2D eigenvalue weighted by Crippen LogP contribution is -2.35. The minimum absolute atomic E-state index is 0.109. The molecule has 1 rings (SSSR count). The Labute approximate surface area is 93.5 Å². The van der Waals surface area contributed by atoms with E-state index in [2.05, 4.69) is 0 Å². The lowest BCUT2D eigenvalue weighted by molar-refractivity contribution is 0.0814. The highest BCUT2D eigenvalue weighted by molar-refractivity contribution is 6.00. The number of carbonyl (C=O) groups is 1. The molecule has 0 aliphatic rings. The van der Waals surface area contributed by atoms with Gasteiger partial charge in [-0.3, -0.25) is 4.79 Å². The van der Waals surface area contributed by atoms with E-state index in [-0.39, 0.29) is 12.1 Å². The largest absolute Gasteiger partial charge is 0.329 e. The molecule has 0 aromatic heterocycles. The summed E-state index contributed by atoms with van der Waals surface area (Å²) in [7, 11) is 0. The molecule has 1 aromatic carbocycles. The summed E-state index contributed by atoms with van der Waals surface area (Å²) in [6, 6.07) is 3.58. The van der Waals surface area contributed by atoms with Gasteiger partial charge in [-0.25, -0.2) is 8.78 Å². The van der Waals surface area contributed by atoms with Crippen LogP contribution in [0.25, 0.3) is 0 Å². The van der Waals surface area contributed by atoms with Gasteiger partial charge in [-0.2, -0.15) is 0 Å². The molecule has 0 aliphatic heterocycles. The molecule has 88 valence electrons. The van der Waals surface area contributed by atoms with Crippen LogP contribution in [0.5, 0.6) is 0 Å². The Hall–Kier alpha value is -1.29. The van der Waals surface area contributed by atoms with E-state index in [1.54, 1.807) is 13.8 Å². The van der Waals surface area contributed by atoms with Crippen LogP contribution < -0.4 is 5.73 Å². The molecule has 0 fully saturated rings. The highest BCUT2D eigenvalue weighted by Gasteiger charge is 2.32. The number of nitrogens with two attached hydrogens (primary N) is 1. The molecule has 0 bridgehead atoms. The van der Waals surface area contributed by atoms with Crippen LogP contribution in [0.3, 0.4) is 0 Å². The summed E-state index contributed by atoms with van der Waals surface area (Å²) in [5.41, 5.74) is 4.44. The molecule has 16 heavy (non-hydrogen) atoms. The maximum atomic E-state index is 13.4. The Bertz CT molecular complexity index is 400. The number of benzene rings is 1. The van der Waals surface area contributed by atoms with Crippen molar-refractivity contribution in [2.75, 3.05) is 6.54 Å². The van der Waals surface area contributed by atoms with E-state index in [1.807, 2.05) is 0 Å². The van der Waals surface area contributed by atoms with Crippen LogP contribution in [-0.4, -0.2) is 12.3 Å². The third-order valence-electron chi connectivity index (χ3n) is 2.98. The van der Waals surface area contributed by atoms with Crippen LogP contribution in [-0.2, 0) is 0 Å². The lowest BCUT2D eigenvalue weighted by atomic mass is 9.80. The second-order valence-electron chi connectivity index (χ2n) is 4.05. The second kappa shape index (κ2) is 4.70. The summed E-state index contributed by atoms with van der Waals surface area (Å²) in [5, 5.41) is 0. The standard InChI is InChI=1S/C12H15F2NO/c1-3-12(2,7-15)11(16)8-5-4-6-9(13)10(8)14/h4-6H,3,7,15H2,1-2H3. The van der Waals surface area contributed by atoms with E-state index >= 15 is 0 Å². The molecule has 2 N–H and O–H groups in total. The highest BCUT2D eigenvalue weighted by atomic mass is 19.2. The molecule has 0 saturated carbocycles. The number of hydrogen-bond donors (Lipinski definition) is 1. The van der Waals surface area contributed by atoms with Crippen LogP contribution in [0.15, 0.2) is 18.2 Å². The smallest absolute Gasteiger partial charge is 0.173 e. The second-order valence-corrected chi connectivity index (χ2v) is 4.05. The molecule has 1 atom stereocenters. The van der Waals surface area contributed by atoms with Gasteiger partial charge in [-0.05, 0) is 18.6 Å². The number of Topliss-reactive ketones (excluding diaryl/α,β-unsaturated/α-hetero) is 1. The quantitative estimate of drug-likeness (QED) is 0.803. The zero-order valence-electron chi connectivity index (χ0n) is 9.39. The van der Waals surface area contributed by atoms with Crippen molar-refractivity contribution >= 4 is 5.78 Å². The van der Waals surface area contributed by atoms with Crippen molar-refractivity contribution in [1.82, 2.24) is 0 Å². The number of hydrogen-bond acceptors (Lipinski definition) is 2. The fourth-order valence-corrected chi connectivity index (χ4v) is 1.40. The topological polar surface area (TPSA) is 43.1 Å². The van der Waals surface area contributed by atoms with Crippen molar-refractivity contribution in [1.29, 1.82) is 0 Å². The predicted molar refractivity (Wildman–Crippen MR) is 58.1 cm³/mol. The first-order valence-electron chi connectivity index (χ1n) is 5.15. The summed E-state index contributed by atoms with van der Waals surface area (Å²) < 4.78 is 26.4. The lowest BCUT2D eigenvalue weighted by Gasteiger charge is -2.24. The molecular weight excluding hydrogens is 212 g/mol. The Balaban J connectivity index is 3.19. The van der Waals surface area contributed by atoms with Gasteiger partial charge in [0.2, 0.25) is 0 Å². The average molecular weight is 227 g/mol. The molecule has 2 nitrogen and oxygen atoms in total. The first-order valence-corrected chi connectivity index (χ1v) is 5.15. The van der Waals surface area contributed by atoms with Crippen molar-refractivity contribution in [3.8, 4) is 0 Å². The van der Waals surface area contributed by atoms with E-state index in [4.69, 9.17) is 5.73 Å². The van der Waals surface area contributed by atoms with Gasteiger partial charge in [0.1, 0.15) is 0 Å². The third kappa shape index (κ3) is 2.11. The molecule has 0 saturated heterocycles. The molecule has 1 unspecified atom stereocenters. The van der Waals surface area contributed by atoms with Gasteiger partial charge in [-0.15, -0.1) is 0 Å². The molecule has 0 aliphatic carbocycles. The number of halogens is 2. The van der Waals surface area contributed by atoms with E-state index in [9.17, 15) is 13.6 Å². The Morgan fingerprint density at radius 2 is 2.06 bits per heavy atom. The fourth-order valence-electron chi connectivity index (χ4n) is 1.40. The van der Waals surface area contributed by atoms with Gasteiger partial charge in [0.25, 0.3) is 0 Å². The zero-order valence-corrected chi connectivity index (χ0v) is 9.39. The van der Waals surface area contributed by atoms with Crippen LogP contribution in [0.1, 0.15) is 30.6 Å². The van der Waals surface area contributed by atoms with Gasteiger partial charge in [0.05, 0.1) is 5.56 Å². The van der Waals surface area contributed by atoms with Crippen molar-refractivity contribution in [2.45, 2.75) is 20.3 Å². The molecule has 0 amide bonds. The van der Waals surface area contributed by atoms with Gasteiger partial charge < -0.3 is 5.73 Å². The maximum Gasteiger partial charge on any atom is 0.173 e. The number of carbonyl (C=O) groups excluding carboxylic acids is 1. The minimum Gasteiger partial charge on any atom is -0.329 e. The summed E-state index contributed by atoms with van der Waals surface area (Å²) in [6.07, 6.45) is 0.484. The maximum absolute atomic E-state index is 13.4. The van der Waals surface area contributed by atoms with E-state index in [0.29, 0.717) is 6.42 Å². The normalized spacial score (nSPS) is 14.6. The molecule has 0 spiro atoms. The Morgan fingerprint density at radius 1 is 1.44 bits per heavy atom. The number of ketones is 1. The predicted octanol–water partition coefficient (Wildman–Crippen LogP) is 2.52. The number of rotatable bonds is 4. The molecular formula is C12H15F2NO. The summed E-state index contributed by atoms with van der Waals surface area (Å²) in [4.78, 5) is 12.0.